The summed E-state index contributed by atoms with van der Waals surface area (Å²) in [5.74, 6) is 2.25. The van der Waals surface area contributed by atoms with Crippen molar-refractivity contribution in [1.82, 2.24) is 5.32 Å². The fraction of sp³-hybridized carbons (Fsp3) is 0.462. The molecule has 0 aliphatic heterocycles. The van der Waals surface area contributed by atoms with E-state index in [1.54, 1.807) is 17.8 Å². The molecule has 0 aliphatic carbocycles. The van der Waals surface area contributed by atoms with Crippen molar-refractivity contribution in [2.45, 2.75) is 25.6 Å². The molecule has 3 N–H and O–H groups in total. The Kier molecular flexibility index (Phi) is 10.9. The van der Waals surface area contributed by atoms with Crippen molar-refractivity contribution >= 4 is 64.9 Å². The molecule has 7 heteroatoms. The van der Waals surface area contributed by atoms with E-state index in [0.717, 1.165) is 17.1 Å². The molecule has 0 saturated carbocycles. The number of nitrogens with two attached hydrogens (primary N) is 1. The van der Waals surface area contributed by atoms with Crippen LogP contribution in [0.25, 0.3) is 0 Å². The van der Waals surface area contributed by atoms with E-state index in [-0.39, 0.29) is 24.0 Å². The Bertz CT molecular complexity index is 442. The van der Waals surface area contributed by atoms with E-state index in [0.29, 0.717) is 28.6 Å². The molecule has 0 radical (unpaired) electrons. The molecule has 0 spiro atoms. The lowest BCUT2D eigenvalue weighted by Gasteiger charge is -2.08. The second-order valence-electron chi connectivity index (χ2n) is 4.35. The monoisotopic (exact) mass is 447 g/mol. The second-order valence-corrected chi connectivity index (χ2v) is 6.30. The molecule has 20 heavy (non-hydrogen) atoms. The summed E-state index contributed by atoms with van der Waals surface area (Å²) in [6.45, 7) is 4.75. The number of nitrogens with one attached hydrogen (secondary N) is 1. The van der Waals surface area contributed by atoms with E-state index in [1.165, 1.54) is 0 Å². The normalized spacial score (nSPS) is 11.3. The first-order valence-corrected chi connectivity index (χ1v) is 7.98. The lowest BCUT2D eigenvalue weighted by atomic mass is 10.2. The molecule has 0 fully saturated rings. The topological polar surface area (TPSA) is 50.4 Å². The van der Waals surface area contributed by atoms with Gasteiger partial charge in [0.2, 0.25) is 0 Å². The average molecular weight is 448 g/mol. The number of halogens is 3. The van der Waals surface area contributed by atoms with Gasteiger partial charge in [-0.05, 0) is 31.5 Å². The SMILES string of the molecule is CC(C)NC(N)=NCCSCc1ccc(Cl)cc1Cl.I. The highest BCUT2D eigenvalue weighted by atomic mass is 127. The summed E-state index contributed by atoms with van der Waals surface area (Å²) in [6.07, 6.45) is 0. The maximum Gasteiger partial charge on any atom is 0.188 e. The van der Waals surface area contributed by atoms with Gasteiger partial charge in [0.25, 0.3) is 0 Å². The molecule has 1 aromatic carbocycles. The summed E-state index contributed by atoms with van der Waals surface area (Å²) in [5, 5.41) is 4.42. The third kappa shape index (κ3) is 8.44. The molecule has 3 nitrogen and oxygen atoms in total. The molecule has 114 valence electrons. The Morgan fingerprint density at radius 3 is 2.70 bits per heavy atom. The smallest absolute Gasteiger partial charge is 0.188 e. The Hall–Kier alpha value is 0.150. The molecule has 0 amide bonds. The van der Waals surface area contributed by atoms with E-state index >= 15 is 0 Å². The number of thioether (sulfide) groups is 1. The second kappa shape index (κ2) is 10.8. The van der Waals surface area contributed by atoms with Crippen LogP contribution in [0.4, 0.5) is 0 Å². The quantitative estimate of drug-likeness (QED) is 0.298. The average Bonchev–Trinajstić information content (AvgIpc) is 2.30. The standard InChI is InChI=1S/C13H19Cl2N3S.HI/c1-9(2)18-13(16)17-5-6-19-8-10-3-4-11(14)7-12(10)15;/h3-4,7,9H,5-6,8H2,1-2H3,(H3,16,17,18);1H. The van der Waals surface area contributed by atoms with Crippen molar-refractivity contribution < 1.29 is 0 Å². The van der Waals surface area contributed by atoms with E-state index in [1.807, 2.05) is 26.0 Å². The summed E-state index contributed by atoms with van der Waals surface area (Å²) in [4.78, 5) is 4.24. The maximum absolute atomic E-state index is 6.09. The van der Waals surface area contributed by atoms with Gasteiger partial charge in [-0.2, -0.15) is 11.8 Å². The molecular formula is C13H20Cl2IN3S. The number of aliphatic imine (C=N–C) groups is 1. The lowest BCUT2D eigenvalue weighted by Crippen LogP contribution is -2.36. The predicted octanol–water partition coefficient (Wildman–Crippen LogP) is 4.16. The van der Waals surface area contributed by atoms with E-state index in [9.17, 15) is 0 Å². The van der Waals surface area contributed by atoms with Crippen LogP contribution in [0.2, 0.25) is 10.0 Å². The fourth-order valence-electron chi connectivity index (χ4n) is 1.39. The predicted molar refractivity (Wildman–Crippen MR) is 103 cm³/mol. The minimum Gasteiger partial charge on any atom is -0.370 e. The molecule has 0 saturated heterocycles. The van der Waals surface area contributed by atoms with Gasteiger partial charge in [-0.3, -0.25) is 4.99 Å². The molecular weight excluding hydrogens is 428 g/mol. The first kappa shape index (κ1) is 20.1. The molecule has 0 heterocycles. The van der Waals surface area contributed by atoms with Gasteiger partial charge in [-0.15, -0.1) is 24.0 Å². The highest BCUT2D eigenvalue weighted by Crippen LogP contribution is 2.24. The Morgan fingerprint density at radius 1 is 1.40 bits per heavy atom. The van der Waals surface area contributed by atoms with Crippen molar-refractivity contribution in [3.63, 3.8) is 0 Å². The van der Waals surface area contributed by atoms with Crippen LogP contribution in [-0.2, 0) is 5.75 Å². The van der Waals surface area contributed by atoms with Gasteiger partial charge in [0.1, 0.15) is 0 Å². The molecule has 0 aliphatic rings. The van der Waals surface area contributed by atoms with Gasteiger partial charge < -0.3 is 11.1 Å². The lowest BCUT2D eigenvalue weighted by molar-refractivity contribution is 0.725. The van der Waals surface area contributed by atoms with Crippen LogP contribution < -0.4 is 11.1 Å². The molecule has 0 bridgehead atoms. The Morgan fingerprint density at radius 2 is 2.10 bits per heavy atom. The maximum atomic E-state index is 6.09. The van der Waals surface area contributed by atoms with Crippen LogP contribution in [0.5, 0.6) is 0 Å². The van der Waals surface area contributed by atoms with Gasteiger partial charge >= 0.3 is 0 Å². The summed E-state index contributed by atoms with van der Waals surface area (Å²) in [6, 6.07) is 5.88. The van der Waals surface area contributed by atoms with E-state index in [4.69, 9.17) is 28.9 Å². The van der Waals surface area contributed by atoms with Gasteiger partial charge in [-0.25, -0.2) is 0 Å². The van der Waals surface area contributed by atoms with Gasteiger partial charge in [0.15, 0.2) is 5.96 Å². The minimum absolute atomic E-state index is 0. The Balaban J connectivity index is 0.00000361. The molecule has 1 rings (SSSR count). The van der Waals surface area contributed by atoms with Gasteiger partial charge in [-0.1, -0.05) is 29.3 Å². The van der Waals surface area contributed by atoms with Crippen molar-refractivity contribution in [2.75, 3.05) is 12.3 Å². The zero-order valence-corrected chi connectivity index (χ0v) is 16.2. The van der Waals surface area contributed by atoms with E-state index < -0.39 is 0 Å². The summed E-state index contributed by atoms with van der Waals surface area (Å²) in [7, 11) is 0. The van der Waals surface area contributed by atoms with Crippen LogP contribution in [0.3, 0.4) is 0 Å². The molecule has 0 atom stereocenters. The highest BCUT2D eigenvalue weighted by Gasteiger charge is 2.01. The van der Waals surface area contributed by atoms with Crippen LogP contribution in [0.1, 0.15) is 19.4 Å². The number of nitrogens with zero attached hydrogens (tertiary/aromatic N) is 1. The number of benzene rings is 1. The van der Waals surface area contributed by atoms with Crippen molar-refractivity contribution in [1.29, 1.82) is 0 Å². The first-order valence-electron chi connectivity index (χ1n) is 6.07. The molecule has 0 aromatic heterocycles. The third-order valence-electron chi connectivity index (χ3n) is 2.23. The zero-order chi connectivity index (χ0) is 14.3. The third-order valence-corrected chi connectivity index (χ3v) is 3.80. The fourth-order valence-corrected chi connectivity index (χ4v) is 2.78. The number of rotatable bonds is 6. The van der Waals surface area contributed by atoms with Crippen molar-refractivity contribution in [3.05, 3.63) is 33.8 Å². The molecule has 0 unspecified atom stereocenters. The van der Waals surface area contributed by atoms with Gasteiger partial charge in [0.05, 0.1) is 6.54 Å². The van der Waals surface area contributed by atoms with Crippen LogP contribution in [0.15, 0.2) is 23.2 Å². The van der Waals surface area contributed by atoms with Crippen LogP contribution in [-0.4, -0.2) is 24.3 Å². The van der Waals surface area contributed by atoms with Crippen LogP contribution in [0, 0.1) is 0 Å². The van der Waals surface area contributed by atoms with Crippen molar-refractivity contribution in [3.8, 4) is 0 Å². The van der Waals surface area contributed by atoms with Crippen molar-refractivity contribution in [2.24, 2.45) is 10.7 Å². The highest BCUT2D eigenvalue weighted by molar-refractivity contribution is 14.0. The van der Waals surface area contributed by atoms with Gasteiger partial charge in [0, 0.05) is 27.6 Å². The largest absolute Gasteiger partial charge is 0.370 e. The summed E-state index contributed by atoms with van der Waals surface area (Å²) >= 11 is 13.7. The zero-order valence-electron chi connectivity index (χ0n) is 11.5. The Labute approximate surface area is 152 Å². The number of guanidine groups is 1. The van der Waals surface area contributed by atoms with Crippen LogP contribution >= 0.6 is 58.9 Å². The minimum atomic E-state index is 0. The van der Waals surface area contributed by atoms with E-state index in [2.05, 4.69) is 10.3 Å². The summed E-state index contributed by atoms with van der Waals surface area (Å²) < 4.78 is 0. The summed E-state index contributed by atoms with van der Waals surface area (Å²) in [5.41, 5.74) is 6.79. The molecule has 1 aromatic rings. The number of hydrogen-bond acceptors (Lipinski definition) is 2. The number of hydrogen-bond donors (Lipinski definition) is 2. The first-order chi connectivity index (χ1) is 8.99.